The highest BCUT2D eigenvalue weighted by molar-refractivity contribution is 14.1. The van der Waals surface area contributed by atoms with Crippen molar-refractivity contribution in [1.29, 1.82) is 0 Å². The molecule has 1 fully saturated rings. The van der Waals surface area contributed by atoms with Gasteiger partial charge < -0.3 is 20.1 Å². The standard InChI is InChI=1S/C13H20IN3O2/c1-9(10(2)18)15-12-7-11(14)8-13(16-12)17-3-5-19-6-4-17/h7-10,18H,3-6H2,1-2H3,(H,15,16)/t9-,10-/m1/s1. The molecule has 1 aromatic heterocycles. The van der Waals surface area contributed by atoms with E-state index in [1.165, 1.54) is 0 Å². The molecule has 0 bridgehead atoms. The Labute approximate surface area is 127 Å². The van der Waals surface area contributed by atoms with E-state index in [1.807, 2.05) is 13.0 Å². The number of ether oxygens (including phenoxy) is 1. The van der Waals surface area contributed by atoms with Crippen LogP contribution in [0.25, 0.3) is 0 Å². The van der Waals surface area contributed by atoms with Gasteiger partial charge in [0, 0.05) is 16.7 Å². The van der Waals surface area contributed by atoms with E-state index in [2.05, 4.69) is 43.9 Å². The maximum Gasteiger partial charge on any atom is 0.132 e. The molecule has 1 aliphatic rings. The number of hydrogen-bond donors (Lipinski definition) is 2. The Kier molecular flexibility index (Phi) is 5.23. The van der Waals surface area contributed by atoms with E-state index < -0.39 is 6.10 Å². The lowest BCUT2D eigenvalue weighted by molar-refractivity contribution is 0.122. The van der Waals surface area contributed by atoms with Gasteiger partial charge in [-0.2, -0.15) is 0 Å². The summed E-state index contributed by atoms with van der Waals surface area (Å²) in [5.41, 5.74) is 0. The van der Waals surface area contributed by atoms with E-state index in [1.54, 1.807) is 6.92 Å². The fourth-order valence-electron chi connectivity index (χ4n) is 1.87. The summed E-state index contributed by atoms with van der Waals surface area (Å²) < 4.78 is 6.49. The number of halogens is 1. The summed E-state index contributed by atoms with van der Waals surface area (Å²) in [6, 6.07) is 4.04. The average molecular weight is 377 g/mol. The van der Waals surface area contributed by atoms with Gasteiger partial charge in [0.05, 0.1) is 25.4 Å². The number of hydrogen-bond acceptors (Lipinski definition) is 5. The topological polar surface area (TPSA) is 57.6 Å². The monoisotopic (exact) mass is 377 g/mol. The molecule has 0 aliphatic carbocycles. The first-order chi connectivity index (χ1) is 9.06. The molecule has 19 heavy (non-hydrogen) atoms. The molecule has 5 nitrogen and oxygen atoms in total. The Bertz CT molecular complexity index is 422. The Balaban J connectivity index is 2.14. The summed E-state index contributed by atoms with van der Waals surface area (Å²) in [5.74, 6) is 1.78. The second-order valence-corrected chi connectivity index (χ2v) is 6.05. The number of morpholine rings is 1. The van der Waals surface area contributed by atoms with Crippen LogP contribution in [-0.4, -0.2) is 48.5 Å². The van der Waals surface area contributed by atoms with Gasteiger partial charge in [0.15, 0.2) is 0 Å². The molecule has 2 atom stereocenters. The fraction of sp³-hybridized carbons (Fsp3) is 0.615. The van der Waals surface area contributed by atoms with Crippen LogP contribution >= 0.6 is 22.6 Å². The molecule has 1 saturated heterocycles. The third-order valence-corrected chi connectivity index (χ3v) is 3.83. The van der Waals surface area contributed by atoms with E-state index in [0.717, 1.165) is 41.5 Å². The normalized spacial score (nSPS) is 19.1. The first-order valence-electron chi connectivity index (χ1n) is 6.51. The van der Waals surface area contributed by atoms with Crippen molar-refractivity contribution in [3.63, 3.8) is 0 Å². The van der Waals surface area contributed by atoms with Crippen molar-refractivity contribution in [2.24, 2.45) is 0 Å². The van der Waals surface area contributed by atoms with E-state index in [9.17, 15) is 5.11 Å². The smallest absolute Gasteiger partial charge is 0.132 e. The second kappa shape index (κ2) is 6.71. The van der Waals surface area contributed by atoms with Crippen molar-refractivity contribution in [2.45, 2.75) is 26.0 Å². The number of nitrogens with zero attached hydrogens (tertiary/aromatic N) is 2. The second-order valence-electron chi connectivity index (χ2n) is 4.80. The van der Waals surface area contributed by atoms with E-state index >= 15 is 0 Å². The Morgan fingerprint density at radius 3 is 2.68 bits per heavy atom. The zero-order chi connectivity index (χ0) is 13.8. The Morgan fingerprint density at radius 2 is 2.05 bits per heavy atom. The minimum atomic E-state index is -0.411. The molecule has 0 amide bonds. The number of anilines is 2. The number of aliphatic hydroxyl groups excluding tert-OH is 1. The zero-order valence-electron chi connectivity index (χ0n) is 11.3. The average Bonchev–Trinajstić information content (AvgIpc) is 2.39. The van der Waals surface area contributed by atoms with Gasteiger partial charge in [-0.25, -0.2) is 4.98 Å². The predicted molar refractivity (Wildman–Crippen MR) is 84.8 cm³/mol. The molecule has 0 aromatic carbocycles. The first kappa shape index (κ1) is 14.8. The van der Waals surface area contributed by atoms with Crippen molar-refractivity contribution in [1.82, 2.24) is 4.98 Å². The van der Waals surface area contributed by atoms with Gasteiger partial charge in [-0.15, -0.1) is 0 Å². The van der Waals surface area contributed by atoms with Crippen LogP contribution in [0, 0.1) is 3.57 Å². The lowest BCUT2D eigenvalue weighted by atomic mass is 10.2. The summed E-state index contributed by atoms with van der Waals surface area (Å²) in [6.07, 6.45) is -0.411. The third kappa shape index (κ3) is 4.19. The van der Waals surface area contributed by atoms with Crippen LogP contribution in [0.15, 0.2) is 12.1 Å². The van der Waals surface area contributed by atoms with Crippen molar-refractivity contribution in [3.05, 3.63) is 15.7 Å². The molecule has 106 valence electrons. The van der Waals surface area contributed by atoms with Crippen molar-refractivity contribution >= 4 is 34.2 Å². The van der Waals surface area contributed by atoms with E-state index in [4.69, 9.17) is 4.74 Å². The number of nitrogens with one attached hydrogen (secondary N) is 1. The van der Waals surface area contributed by atoms with Crippen molar-refractivity contribution in [3.8, 4) is 0 Å². The minimum absolute atomic E-state index is 0.0248. The molecule has 2 rings (SSSR count). The lowest BCUT2D eigenvalue weighted by Gasteiger charge is -2.28. The van der Waals surface area contributed by atoms with Crippen LogP contribution in [0.2, 0.25) is 0 Å². The summed E-state index contributed by atoms with van der Waals surface area (Å²) >= 11 is 2.29. The van der Waals surface area contributed by atoms with Gasteiger partial charge in [0.2, 0.25) is 0 Å². The molecule has 6 heteroatoms. The fourth-order valence-corrected chi connectivity index (χ4v) is 2.44. The number of aliphatic hydroxyl groups is 1. The Hall–Kier alpha value is -0.600. The summed E-state index contributed by atoms with van der Waals surface area (Å²) in [5, 5.41) is 12.8. The van der Waals surface area contributed by atoms with Crippen LogP contribution < -0.4 is 10.2 Å². The maximum atomic E-state index is 9.55. The molecule has 0 saturated carbocycles. The molecule has 1 aliphatic heterocycles. The first-order valence-corrected chi connectivity index (χ1v) is 7.59. The van der Waals surface area contributed by atoms with Gasteiger partial charge in [0.1, 0.15) is 11.6 Å². The minimum Gasteiger partial charge on any atom is -0.391 e. The molecular weight excluding hydrogens is 357 g/mol. The van der Waals surface area contributed by atoms with Crippen LogP contribution in [0.1, 0.15) is 13.8 Å². The molecule has 0 radical (unpaired) electrons. The third-order valence-electron chi connectivity index (χ3n) is 3.21. The molecule has 2 heterocycles. The molecule has 0 unspecified atom stereocenters. The summed E-state index contributed by atoms with van der Waals surface area (Å²) in [7, 11) is 0. The zero-order valence-corrected chi connectivity index (χ0v) is 13.4. The molecule has 2 N–H and O–H groups in total. The largest absolute Gasteiger partial charge is 0.391 e. The SMILES string of the molecule is C[C@@H](O)[C@@H](C)Nc1cc(I)cc(N2CCOCC2)n1. The number of rotatable bonds is 4. The van der Waals surface area contributed by atoms with Crippen LogP contribution in [0.3, 0.4) is 0 Å². The van der Waals surface area contributed by atoms with Crippen LogP contribution in [0.5, 0.6) is 0 Å². The highest BCUT2D eigenvalue weighted by atomic mass is 127. The lowest BCUT2D eigenvalue weighted by Crippen LogP contribution is -2.37. The van der Waals surface area contributed by atoms with Gasteiger partial charge in [0.25, 0.3) is 0 Å². The van der Waals surface area contributed by atoms with Crippen molar-refractivity contribution in [2.75, 3.05) is 36.5 Å². The quantitative estimate of drug-likeness (QED) is 0.783. The summed E-state index contributed by atoms with van der Waals surface area (Å²) in [6.45, 7) is 6.96. The van der Waals surface area contributed by atoms with E-state index in [-0.39, 0.29) is 6.04 Å². The van der Waals surface area contributed by atoms with E-state index in [0.29, 0.717) is 0 Å². The predicted octanol–water partition coefficient (Wildman–Crippen LogP) is 1.70. The molecule has 1 aromatic rings. The Morgan fingerprint density at radius 1 is 1.37 bits per heavy atom. The maximum absolute atomic E-state index is 9.55. The van der Waals surface area contributed by atoms with Gasteiger partial charge in [-0.1, -0.05) is 0 Å². The highest BCUT2D eigenvalue weighted by Crippen LogP contribution is 2.21. The van der Waals surface area contributed by atoms with Crippen molar-refractivity contribution < 1.29 is 9.84 Å². The van der Waals surface area contributed by atoms with Crippen LogP contribution in [-0.2, 0) is 4.74 Å². The number of pyridine rings is 1. The number of aromatic nitrogens is 1. The highest BCUT2D eigenvalue weighted by Gasteiger charge is 2.15. The van der Waals surface area contributed by atoms with Crippen LogP contribution in [0.4, 0.5) is 11.6 Å². The molecule has 0 spiro atoms. The van der Waals surface area contributed by atoms with Gasteiger partial charge in [-0.3, -0.25) is 0 Å². The summed E-state index contributed by atoms with van der Waals surface area (Å²) in [4.78, 5) is 6.85. The molecular formula is C13H20IN3O2. The van der Waals surface area contributed by atoms with Gasteiger partial charge >= 0.3 is 0 Å². The van der Waals surface area contributed by atoms with Gasteiger partial charge in [-0.05, 0) is 48.6 Å².